The lowest BCUT2D eigenvalue weighted by Crippen LogP contribution is -2.39. The van der Waals surface area contributed by atoms with Gasteiger partial charge in [0.05, 0.1) is 18.1 Å². The van der Waals surface area contributed by atoms with Crippen molar-refractivity contribution in [2.24, 2.45) is 5.41 Å². The Hall–Kier alpha value is -3.54. The summed E-state index contributed by atoms with van der Waals surface area (Å²) in [7, 11) is 0. The number of Topliss-reactive ketones (excluding diaryl/α,β-unsaturated/α-hetero) is 1. The van der Waals surface area contributed by atoms with E-state index in [9.17, 15) is 9.59 Å². The fraction of sp³-hybridized carbons (Fsp3) is 0.379. The number of allylic oxidation sites excluding steroid dienone is 3. The number of ether oxygens (including phenoxy) is 3. The summed E-state index contributed by atoms with van der Waals surface area (Å²) in [6.45, 7) is 8.77. The molecule has 0 aromatic heterocycles. The van der Waals surface area contributed by atoms with Gasteiger partial charge in [0.2, 0.25) is 0 Å². The molecular weight excluding hydrogens is 442 g/mol. The van der Waals surface area contributed by atoms with Gasteiger partial charge in [-0.2, -0.15) is 0 Å². The standard InChI is InChI=1S/C29H33NO5/c1-5-33-24-14-10-9-13-21(24)26-25(28(32)35-16-15-34-20-11-7-6-8-12-20)19(2)30-22-17-29(3,4)18-23(31)27(22)26/h6-14,26,30H,5,15-18H2,1-4H3/t26-/m1/s1. The second-order valence-corrected chi connectivity index (χ2v) is 9.70. The van der Waals surface area contributed by atoms with Gasteiger partial charge >= 0.3 is 5.97 Å². The van der Waals surface area contributed by atoms with E-state index in [0.717, 1.165) is 17.7 Å². The number of benzene rings is 2. The summed E-state index contributed by atoms with van der Waals surface area (Å²) in [5, 5.41) is 3.37. The van der Waals surface area contributed by atoms with Gasteiger partial charge in [-0.05, 0) is 43.9 Å². The summed E-state index contributed by atoms with van der Waals surface area (Å²) >= 11 is 0. The molecule has 6 nitrogen and oxygen atoms in total. The van der Waals surface area contributed by atoms with Crippen molar-refractivity contribution in [3.63, 3.8) is 0 Å². The van der Waals surface area contributed by atoms with Gasteiger partial charge in [0.25, 0.3) is 0 Å². The number of carbonyl (C=O) groups is 2. The second kappa shape index (κ2) is 10.4. The number of para-hydroxylation sites is 2. The lowest BCUT2D eigenvalue weighted by Gasteiger charge is -2.39. The molecule has 0 fully saturated rings. The van der Waals surface area contributed by atoms with Crippen molar-refractivity contribution in [3.8, 4) is 11.5 Å². The third-order valence-electron chi connectivity index (χ3n) is 6.32. The van der Waals surface area contributed by atoms with Crippen LogP contribution in [0, 0.1) is 5.41 Å². The summed E-state index contributed by atoms with van der Waals surface area (Å²) in [6.07, 6.45) is 1.15. The first kappa shape index (κ1) is 24.6. The maximum absolute atomic E-state index is 13.5. The minimum Gasteiger partial charge on any atom is -0.494 e. The molecule has 2 aliphatic rings. The van der Waals surface area contributed by atoms with Crippen molar-refractivity contribution in [1.82, 2.24) is 5.32 Å². The molecule has 0 radical (unpaired) electrons. The lowest BCUT2D eigenvalue weighted by molar-refractivity contribution is -0.140. The zero-order valence-corrected chi connectivity index (χ0v) is 20.9. The van der Waals surface area contributed by atoms with Crippen LogP contribution in [-0.4, -0.2) is 31.6 Å². The van der Waals surface area contributed by atoms with Gasteiger partial charge in [-0.3, -0.25) is 4.79 Å². The molecule has 1 atom stereocenters. The van der Waals surface area contributed by atoms with Crippen LogP contribution in [0.4, 0.5) is 0 Å². The fourth-order valence-corrected chi connectivity index (χ4v) is 4.91. The zero-order chi connectivity index (χ0) is 25.0. The average molecular weight is 476 g/mol. The number of carbonyl (C=O) groups excluding carboxylic acids is 2. The van der Waals surface area contributed by atoms with Gasteiger partial charge in [-0.1, -0.05) is 50.2 Å². The molecule has 0 unspecified atom stereocenters. The Labute approximate surface area is 207 Å². The van der Waals surface area contributed by atoms with E-state index in [2.05, 4.69) is 19.2 Å². The number of dihydropyridines is 1. The highest BCUT2D eigenvalue weighted by Gasteiger charge is 2.44. The van der Waals surface area contributed by atoms with Crippen LogP contribution >= 0.6 is 0 Å². The summed E-state index contributed by atoms with van der Waals surface area (Å²) in [4.78, 5) is 26.9. The van der Waals surface area contributed by atoms with Gasteiger partial charge in [0.15, 0.2) is 5.78 Å². The monoisotopic (exact) mass is 475 g/mol. The van der Waals surface area contributed by atoms with E-state index in [-0.39, 0.29) is 24.4 Å². The molecule has 0 saturated carbocycles. The fourth-order valence-electron chi connectivity index (χ4n) is 4.91. The minimum atomic E-state index is -0.555. The van der Waals surface area contributed by atoms with Crippen LogP contribution in [0.25, 0.3) is 0 Å². The number of hydrogen-bond acceptors (Lipinski definition) is 6. The van der Waals surface area contributed by atoms with E-state index >= 15 is 0 Å². The van der Waals surface area contributed by atoms with Gasteiger partial charge in [-0.15, -0.1) is 0 Å². The first-order chi connectivity index (χ1) is 16.8. The number of nitrogens with one attached hydrogen (secondary N) is 1. The van der Waals surface area contributed by atoms with Crippen molar-refractivity contribution >= 4 is 11.8 Å². The van der Waals surface area contributed by atoms with E-state index in [4.69, 9.17) is 14.2 Å². The largest absolute Gasteiger partial charge is 0.494 e. The molecule has 0 bridgehead atoms. The predicted molar refractivity (Wildman–Crippen MR) is 134 cm³/mol. The average Bonchev–Trinajstić information content (AvgIpc) is 2.81. The molecule has 0 saturated heterocycles. The van der Waals surface area contributed by atoms with Crippen LogP contribution in [0.1, 0.15) is 52.0 Å². The zero-order valence-electron chi connectivity index (χ0n) is 20.9. The van der Waals surface area contributed by atoms with Crippen molar-refractivity contribution < 1.29 is 23.8 Å². The molecule has 2 aromatic rings. The Morgan fingerprint density at radius 2 is 1.71 bits per heavy atom. The third kappa shape index (κ3) is 5.42. The molecule has 1 heterocycles. The molecule has 0 amide bonds. The first-order valence-corrected chi connectivity index (χ1v) is 12.1. The van der Waals surface area contributed by atoms with Crippen LogP contribution in [0.2, 0.25) is 0 Å². The number of hydrogen-bond donors (Lipinski definition) is 1. The highest BCUT2D eigenvalue weighted by Crippen LogP contribution is 2.48. The SMILES string of the molecule is CCOc1ccccc1[C@@H]1C(C(=O)OCCOc2ccccc2)=C(C)NC2=C1C(=O)CC(C)(C)C2. The van der Waals surface area contributed by atoms with Gasteiger partial charge < -0.3 is 19.5 Å². The topological polar surface area (TPSA) is 73.9 Å². The van der Waals surface area contributed by atoms with Crippen LogP contribution in [0.3, 0.4) is 0 Å². The Balaban J connectivity index is 1.64. The van der Waals surface area contributed by atoms with Gasteiger partial charge in [-0.25, -0.2) is 4.79 Å². The quantitative estimate of drug-likeness (QED) is 0.412. The van der Waals surface area contributed by atoms with Gasteiger partial charge in [0, 0.05) is 29.0 Å². The summed E-state index contributed by atoms with van der Waals surface area (Å²) in [6, 6.07) is 17.0. The van der Waals surface area contributed by atoms with E-state index in [1.165, 1.54) is 0 Å². The molecule has 0 spiro atoms. The predicted octanol–water partition coefficient (Wildman–Crippen LogP) is 5.31. The summed E-state index contributed by atoms with van der Waals surface area (Å²) in [5.41, 5.74) is 3.28. The van der Waals surface area contributed by atoms with Crippen LogP contribution in [0.5, 0.6) is 11.5 Å². The highest BCUT2D eigenvalue weighted by atomic mass is 16.6. The molecule has 184 valence electrons. The summed E-state index contributed by atoms with van der Waals surface area (Å²) < 4.78 is 17.2. The number of esters is 1. The Bertz CT molecular complexity index is 1160. The van der Waals surface area contributed by atoms with Crippen molar-refractivity contribution in [3.05, 3.63) is 82.7 Å². The molecule has 1 N–H and O–H groups in total. The number of rotatable bonds is 8. The molecule has 35 heavy (non-hydrogen) atoms. The van der Waals surface area contributed by atoms with Crippen molar-refractivity contribution in [2.75, 3.05) is 19.8 Å². The van der Waals surface area contributed by atoms with Crippen LogP contribution in [-0.2, 0) is 14.3 Å². The molecular formula is C29H33NO5. The maximum atomic E-state index is 13.5. The Morgan fingerprint density at radius 1 is 1.00 bits per heavy atom. The number of ketones is 1. The van der Waals surface area contributed by atoms with Crippen molar-refractivity contribution in [1.29, 1.82) is 0 Å². The Morgan fingerprint density at radius 3 is 2.46 bits per heavy atom. The first-order valence-electron chi connectivity index (χ1n) is 12.1. The maximum Gasteiger partial charge on any atom is 0.336 e. The van der Waals surface area contributed by atoms with E-state index in [1.54, 1.807) is 0 Å². The second-order valence-electron chi connectivity index (χ2n) is 9.70. The lowest BCUT2D eigenvalue weighted by atomic mass is 9.68. The molecule has 1 aliphatic heterocycles. The highest BCUT2D eigenvalue weighted by molar-refractivity contribution is 6.04. The summed E-state index contributed by atoms with van der Waals surface area (Å²) in [5.74, 6) is 0.404. The van der Waals surface area contributed by atoms with Gasteiger partial charge in [0.1, 0.15) is 24.7 Å². The third-order valence-corrected chi connectivity index (χ3v) is 6.32. The van der Waals surface area contributed by atoms with Crippen LogP contribution in [0.15, 0.2) is 77.1 Å². The molecule has 6 heteroatoms. The van der Waals surface area contributed by atoms with E-state index in [0.29, 0.717) is 41.4 Å². The normalized spacial score (nSPS) is 19.1. The molecule has 4 rings (SSSR count). The Kier molecular flexibility index (Phi) is 7.29. The molecule has 1 aliphatic carbocycles. The van der Waals surface area contributed by atoms with Crippen molar-refractivity contribution in [2.45, 2.75) is 46.5 Å². The van der Waals surface area contributed by atoms with E-state index in [1.807, 2.05) is 68.4 Å². The smallest absolute Gasteiger partial charge is 0.336 e. The van der Waals surface area contributed by atoms with Crippen LogP contribution < -0.4 is 14.8 Å². The minimum absolute atomic E-state index is 0.0465. The van der Waals surface area contributed by atoms with E-state index < -0.39 is 11.9 Å². The molecule has 2 aromatic carbocycles.